The van der Waals surface area contributed by atoms with Crippen LogP contribution in [0.4, 0.5) is 5.69 Å². The van der Waals surface area contributed by atoms with Gasteiger partial charge >= 0.3 is 7.12 Å². The van der Waals surface area contributed by atoms with Crippen molar-refractivity contribution in [1.29, 1.82) is 0 Å². The van der Waals surface area contributed by atoms with E-state index in [4.69, 9.17) is 16.3 Å². The summed E-state index contributed by atoms with van der Waals surface area (Å²) in [6.07, 6.45) is 1.94. The first-order chi connectivity index (χ1) is 15.9. The lowest BCUT2D eigenvalue weighted by Gasteiger charge is -2.42. The van der Waals surface area contributed by atoms with Gasteiger partial charge in [0.05, 0.1) is 23.6 Å². The number of hydrogen-bond acceptors (Lipinski definition) is 5. The molecule has 2 amide bonds. The van der Waals surface area contributed by atoms with Crippen LogP contribution in [-0.4, -0.2) is 29.1 Å². The molecule has 0 aromatic heterocycles. The molecule has 2 aromatic carbocycles. The van der Waals surface area contributed by atoms with Crippen molar-refractivity contribution in [3.8, 4) is 5.75 Å². The molecule has 2 N–H and O–H groups in total. The van der Waals surface area contributed by atoms with Crippen LogP contribution in [0.1, 0.15) is 44.3 Å². The van der Waals surface area contributed by atoms with Crippen LogP contribution in [0.3, 0.4) is 0 Å². The highest BCUT2D eigenvalue weighted by Gasteiger charge is 2.58. The second-order valence-corrected chi connectivity index (χ2v) is 9.43. The summed E-state index contributed by atoms with van der Waals surface area (Å²) in [7, 11) is -1.17. The Bertz CT molecular complexity index is 1140. The number of benzene rings is 2. The van der Waals surface area contributed by atoms with Gasteiger partial charge in [0.1, 0.15) is 5.75 Å². The monoisotopic (exact) mass is 465 g/mol. The summed E-state index contributed by atoms with van der Waals surface area (Å²) in [6.45, 7) is 2.06. The van der Waals surface area contributed by atoms with Gasteiger partial charge in [-0.05, 0) is 60.5 Å². The second-order valence-electron chi connectivity index (χ2n) is 9.02. The predicted octanol–water partition coefficient (Wildman–Crippen LogP) is 4.45. The van der Waals surface area contributed by atoms with Crippen LogP contribution in [-0.2, 0) is 14.2 Å². The number of imide groups is 1. The van der Waals surface area contributed by atoms with Gasteiger partial charge in [-0.3, -0.25) is 14.5 Å². The second kappa shape index (κ2) is 8.63. The first-order valence-electron chi connectivity index (χ1n) is 11.4. The van der Waals surface area contributed by atoms with Gasteiger partial charge in [-0.2, -0.15) is 0 Å². The Morgan fingerprint density at radius 3 is 2.58 bits per heavy atom. The molecule has 2 saturated heterocycles. The minimum absolute atomic E-state index is 0.0405. The molecule has 6 nitrogen and oxygen atoms in total. The summed E-state index contributed by atoms with van der Waals surface area (Å²) in [6, 6.07) is 13.6. The summed E-state index contributed by atoms with van der Waals surface area (Å²) < 4.78 is 5.98. The number of amides is 2. The molecule has 2 aliphatic heterocycles. The van der Waals surface area contributed by atoms with Crippen LogP contribution in [0.5, 0.6) is 5.75 Å². The fourth-order valence-electron chi connectivity index (χ4n) is 5.76. The minimum Gasteiger partial charge on any atom is -0.508 e. The van der Waals surface area contributed by atoms with Crippen molar-refractivity contribution >= 4 is 36.2 Å². The van der Waals surface area contributed by atoms with Gasteiger partial charge < -0.3 is 14.8 Å². The van der Waals surface area contributed by atoms with E-state index in [1.807, 2.05) is 18.2 Å². The van der Waals surface area contributed by atoms with Crippen molar-refractivity contribution in [1.82, 2.24) is 0 Å². The molecule has 33 heavy (non-hydrogen) atoms. The topological polar surface area (TPSA) is 87.1 Å². The number of para-hydroxylation sites is 1. The molecule has 2 aromatic rings. The number of anilines is 1. The number of phenolic OH excluding ortho intramolecular Hbond substituents is 1. The summed E-state index contributed by atoms with van der Waals surface area (Å²) in [5.41, 5.74) is 2.98. The molecule has 8 heteroatoms. The van der Waals surface area contributed by atoms with Gasteiger partial charge in [-0.25, -0.2) is 0 Å². The Labute approximate surface area is 198 Å². The lowest BCUT2D eigenvalue weighted by Crippen LogP contribution is -2.45. The highest BCUT2D eigenvalue weighted by Crippen LogP contribution is 2.53. The molecule has 1 aliphatic carbocycles. The normalized spacial score (nSPS) is 27.1. The average Bonchev–Trinajstić information content (AvgIpc) is 3.04. The van der Waals surface area contributed by atoms with Crippen LogP contribution >= 0.6 is 11.6 Å². The Morgan fingerprint density at radius 1 is 1.12 bits per heavy atom. The third-order valence-corrected chi connectivity index (χ3v) is 7.44. The highest BCUT2D eigenvalue weighted by atomic mass is 35.5. The number of aromatic hydroxyl groups is 1. The van der Waals surface area contributed by atoms with Crippen LogP contribution in [0.2, 0.25) is 5.02 Å². The van der Waals surface area contributed by atoms with E-state index in [1.54, 1.807) is 18.2 Å². The number of rotatable bonds is 4. The maximum atomic E-state index is 13.6. The smallest absolute Gasteiger partial charge is 0.487 e. The Balaban J connectivity index is 1.56. The molecule has 170 valence electrons. The van der Waals surface area contributed by atoms with Gasteiger partial charge in [0.15, 0.2) is 0 Å². The summed E-state index contributed by atoms with van der Waals surface area (Å²) in [5, 5.41) is 21.1. The van der Waals surface area contributed by atoms with E-state index in [2.05, 4.69) is 6.92 Å². The zero-order chi connectivity index (χ0) is 23.3. The zero-order valence-corrected chi connectivity index (χ0v) is 19.0. The Kier molecular flexibility index (Phi) is 5.81. The number of halogens is 1. The lowest BCUT2D eigenvalue weighted by molar-refractivity contribution is -0.123. The number of nitrogens with zero attached hydrogens (tertiary/aromatic N) is 1. The first-order valence-corrected chi connectivity index (χ1v) is 11.7. The van der Waals surface area contributed by atoms with Gasteiger partial charge in [0.25, 0.3) is 0 Å². The van der Waals surface area contributed by atoms with Crippen molar-refractivity contribution < 1.29 is 24.4 Å². The van der Waals surface area contributed by atoms with E-state index in [-0.39, 0.29) is 23.5 Å². The predicted molar refractivity (Wildman–Crippen MR) is 125 cm³/mol. The molecule has 0 spiro atoms. The third-order valence-electron chi connectivity index (χ3n) is 7.11. The molecule has 0 unspecified atom stereocenters. The van der Waals surface area contributed by atoms with Gasteiger partial charge in [-0.1, -0.05) is 54.8 Å². The molecular formula is C25H25BClNO5. The zero-order valence-electron chi connectivity index (χ0n) is 18.3. The van der Waals surface area contributed by atoms with E-state index in [0.717, 1.165) is 23.9 Å². The molecule has 2 fully saturated rings. The van der Waals surface area contributed by atoms with E-state index in [9.17, 15) is 19.7 Å². The number of carbonyl (C=O) groups excluding carboxylic acids is 2. The molecule has 4 atom stereocenters. The van der Waals surface area contributed by atoms with E-state index < -0.39 is 25.1 Å². The minimum atomic E-state index is -1.17. The maximum absolute atomic E-state index is 13.6. The number of hydrogen-bond donors (Lipinski definition) is 2. The molecule has 3 aliphatic rings. The third kappa shape index (κ3) is 3.68. The Hall–Kier alpha value is -2.61. The van der Waals surface area contributed by atoms with Crippen LogP contribution in [0, 0.1) is 17.8 Å². The average molecular weight is 466 g/mol. The van der Waals surface area contributed by atoms with Crippen molar-refractivity contribution in [3.63, 3.8) is 0 Å². The molecule has 0 bridgehead atoms. The van der Waals surface area contributed by atoms with Crippen LogP contribution < -0.4 is 4.90 Å². The van der Waals surface area contributed by atoms with Crippen molar-refractivity contribution in [2.45, 2.75) is 38.7 Å². The molecule has 0 radical (unpaired) electrons. The number of fused-ring (bicyclic) bond motifs is 3. The lowest BCUT2D eigenvalue weighted by atomic mass is 9.54. The van der Waals surface area contributed by atoms with Gasteiger partial charge in [0, 0.05) is 5.02 Å². The number of phenols is 1. The molecule has 2 heterocycles. The van der Waals surface area contributed by atoms with E-state index >= 15 is 0 Å². The van der Waals surface area contributed by atoms with Crippen molar-refractivity contribution in [2.75, 3.05) is 4.90 Å². The van der Waals surface area contributed by atoms with Crippen molar-refractivity contribution in [3.05, 3.63) is 70.2 Å². The quantitative estimate of drug-likeness (QED) is 0.514. The molecule has 5 rings (SSSR count). The Morgan fingerprint density at radius 2 is 1.88 bits per heavy atom. The summed E-state index contributed by atoms with van der Waals surface area (Å²) >= 11 is 6.37. The van der Waals surface area contributed by atoms with Crippen molar-refractivity contribution in [2.24, 2.45) is 17.8 Å². The van der Waals surface area contributed by atoms with E-state index in [0.29, 0.717) is 29.1 Å². The number of allylic oxidation sites excluding steroid dienone is 2. The SMILES string of the molecule is CCCC1=C2B(O)O[C@H](c3ccc(O)cc3Cl)C[C@H]2[C@H]2C(=O)N(c3ccccc3)C(=O)[C@H]2C1. The fourth-order valence-corrected chi connectivity index (χ4v) is 6.06. The highest BCUT2D eigenvalue weighted by molar-refractivity contribution is 6.53. The van der Waals surface area contributed by atoms with Gasteiger partial charge in [0.2, 0.25) is 11.8 Å². The largest absolute Gasteiger partial charge is 0.508 e. The number of carbonyl (C=O) groups is 2. The first kappa shape index (κ1) is 22.2. The summed E-state index contributed by atoms with van der Waals surface area (Å²) in [5.74, 6) is -1.68. The van der Waals surface area contributed by atoms with Crippen LogP contribution in [0.15, 0.2) is 59.6 Å². The standard InChI is InChI=1S/C25H25BClNO5/c1-2-6-14-11-19-22(25(31)28(24(19)30)15-7-4-3-5-8-15)18-13-21(33-26(32)23(14)18)17-10-9-16(29)12-20(17)27/h3-5,7-10,12,18-19,21-22,29,32H,2,6,11,13H2,1H3/t18-,19-,21-,22+/m0/s1. The molecular weight excluding hydrogens is 441 g/mol. The summed E-state index contributed by atoms with van der Waals surface area (Å²) in [4.78, 5) is 28.4. The van der Waals surface area contributed by atoms with E-state index in [1.165, 1.54) is 17.0 Å². The maximum Gasteiger partial charge on any atom is 0.487 e. The molecule has 0 saturated carbocycles. The van der Waals surface area contributed by atoms with Gasteiger partial charge in [-0.15, -0.1) is 0 Å². The van der Waals surface area contributed by atoms with Crippen LogP contribution in [0.25, 0.3) is 0 Å². The fraction of sp³-hybridized carbons (Fsp3) is 0.360.